The van der Waals surface area contributed by atoms with E-state index >= 15 is 0 Å². The lowest BCUT2D eigenvalue weighted by Crippen LogP contribution is -2.44. The minimum Gasteiger partial charge on any atom is -0.300 e. The van der Waals surface area contributed by atoms with Gasteiger partial charge in [0.15, 0.2) is 0 Å². The Morgan fingerprint density at radius 1 is 0.447 bits per heavy atom. The van der Waals surface area contributed by atoms with Gasteiger partial charge in [0, 0.05) is 36.3 Å². The van der Waals surface area contributed by atoms with E-state index in [1.165, 1.54) is 135 Å². The van der Waals surface area contributed by atoms with Gasteiger partial charge in [-0.2, -0.15) is 0 Å². The summed E-state index contributed by atoms with van der Waals surface area (Å²) in [5.74, 6) is 0. The molecule has 0 aromatic carbocycles. The molecular formula is C35H71N3. The summed E-state index contributed by atoms with van der Waals surface area (Å²) in [7, 11) is 2.38. The second-order valence-corrected chi connectivity index (χ2v) is 13.7. The van der Waals surface area contributed by atoms with Gasteiger partial charge in [-0.3, -0.25) is 9.80 Å². The normalized spacial score (nSPS) is 23.1. The molecule has 0 aromatic heterocycles. The summed E-state index contributed by atoms with van der Waals surface area (Å²) in [5, 5.41) is 0. The van der Waals surface area contributed by atoms with Crippen molar-refractivity contribution in [3.63, 3.8) is 0 Å². The molecule has 0 heterocycles. The fourth-order valence-electron chi connectivity index (χ4n) is 8.24. The highest BCUT2D eigenvalue weighted by molar-refractivity contribution is 4.83. The molecule has 3 heteroatoms. The van der Waals surface area contributed by atoms with Crippen LogP contribution in [0.15, 0.2) is 0 Å². The summed E-state index contributed by atoms with van der Waals surface area (Å²) in [4.78, 5) is 8.02. The SMILES string of the molecule is CCN(C(C)C)C(C)C.CCN(C1CCCCC1)C1CCCCC1.CN(C1CCCCC1)C1CCCCC1. The average molecular weight is 534 g/mol. The minimum atomic E-state index is 0.690. The zero-order valence-electron chi connectivity index (χ0n) is 27.4. The first-order valence-corrected chi connectivity index (χ1v) is 17.6. The van der Waals surface area contributed by atoms with Gasteiger partial charge in [-0.25, -0.2) is 0 Å². The lowest BCUT2D eigenvalue weighted by molar-refractivity contribution is 0.0869. The van der Waals surface area contributed by atoms with Gasteiger partial charge in [0.2, 0.25) is 0 Å². The van der Waals surface area contributed by atoms with Gasteiger partial charge in [0.1, 0.15) is 0 Å². The molecule has 4 rings (SSSR count). The molecule has 0 aliphatic heterocycles. The third kappa shape index (κ3) is 12.2. The summed E-state index contributed by atoms with van der Waals surface area (Å²) in [6.07, 6.45) is 29.5. The Balaban J connectivity index is 0.000000208. The number of nitrogens with zero attached hydrogens (tertiary/aromatic N) is 3. The molecule has 0 aromatic rings. The molecule has 0 bridgehead atoms. The Labute approximate surface area is 240 Å². The zero-order chi connectivity index (χ0) is 27.8. The second kappa shape index (κ2) is 19.9. The summed E-state index contributed by atoms with van der Waals surface area (Å²) < 4.78 is 0. The molecule has 0 N–H and O–H groups in total. The Bertz CT molecular complexity index is 493. The van der Waals surface area contributed by atoms with E-state index in [1.807, 2.05) is 0 Å². The van der Waals surface area contributed by atoms with Gasteiger partial charge in [-0.1, -0.05) is 90.9 Å². The molecule has 0 unspecified atom stereocenters. The van der Waals surface area contributed by atoms with Crippen LogP contribution in [0.2, 0.25) is 0 Å². The van der Waals surface area contributed by atoms with E-state index in [1.54, 1.807) is 0 Å². The molecular weight excluding hydrogens is 462 g/mol. The predicted octanol–water partition coefficient (Wildman–Crippen LogP) is 9.68. The second-order valence-electron chi connectivity index (χ2n) is 13.7. The van der Waals surface area contributed by atoms with E-state index in [0.29, 0.717) is 12.1 Å². The van der Waals surface area contributed by atoms with Crippen LogP contribution in [0.25, 0.3) is 0 Å². The van der Waals surface area contributed by atoms with Crippen LogP contribution in [0, 0.1) is 0 Å². The Kier molecular flexibility index (Phi) is 17.8. The topological polar surface area (TPSA) is 9.72 Å². The lowest BCUT2D eigenvalue weighted by Gasteiger charge is -2.41. The minimum absolute atomic E-state index is 0.690. The third-order valence-corrected chi connectivity index (χ3v) is 10.4. The first-order chi connectivity index (χ1) is 18.4. The van der Waals surface area contributed by atoms with Crippen LogP contribution >= 0.6 is 0 Å². The maximum absolute atomic E-state index is 2.85. The van der Waals surface area contributed by atoms with Gasteiger partial charge < -0.3 is 4.90 Å². The van der Waals surface area contributed by atoms with Crippen LogP contribution in [-0.4, -0.2) is 71.1 Å². The van der Waals surface area contributed by atoms with Crippen molar-refractivity contribution in [2.45, 2.75) is 206 Å². The van der Waals surface area contributed by atoms with Crippen molar-refractivity contribution < 1.29 is 0 Å². The summed E-state index contributed by atoms with van der Waals surface area (Å²) in [5.41, 5.74) is 0. The predicted molar refractivity (Wildman–Crippen MR) is 170 cm³/mol. The van der Waals surface area contributed by atoms with Crippen molar-refractivity contribution in [2.75, 3.05) is 20.1 Å². The van der Waals surface area contributed by atoms with Crippen LogP contribution in [0.4, 0.5) is 0 Å². The quantitative estimate of drug-likeness (QED) is 0.307. The van der Waals surface area contributed by atoms with Crippen LogP contribution < -0.4 is 0 Å². The Hall–Kier alpha value is -0.120. The summed E-state index contributed by atoms with van der Waals surface area (Å²) >= 11 is 0. The number of hydrogen-bond donors (Lipinski definition) is 0. The Morgan fingerprint density at radius 2 is 0.737 bits per heavy atom. The van der Waals surface area contributed by atoms with E-state index in [4.69, 9.17) is 0 Å². The monoisotopic (exact) mass is 534 g/mol. The van der Waals surface area contributed by atoms with E-state index in [2.05, 4.69) is 63.3 Å². The lowest BCUT2D eigenvalue weighted by atomic mass is 9.89. The third-order valence-electron chi connectivity index (χ3n) is 10.4. The fourth-order valence-corrected chi connectivity index (χ4v) is 8.24. The van der Waals surface area contributed by atoms with Crippen molar-refractivity contribution in [2.24, 2.45) is 0 Å². The van der Waals surface area contributed by atoms with Crippen LogP contribution in [-0.2, 0) is 0 Å². The van der Waals surface area contributed by atoms with Gasteiger partial charge in [0.05, 0.1) is 0 Å². The van der Waals surface area contributed by atoms with Gasteiger partial charge in [-0.15, -0.1) is 0 Å². The van der Waals surface area contributed by atoms with E-state index in [0.717, 1.165) is 30.7 Å². The van der Waals surface area contributed by atoms with Gasteiger partial charge >= 0.3 is 0 Å². The molecule has 0 saturated heterocycles. The standard InChI is InChI=1S/C14H27N.C13H25N.C8H19N/c1-2-15(13-9-5-3-6-10-13)14-11-7-4-8-12-14;1-14(12-8-4-2-5-9-12)13-10-6-3-7-11-13;1-6-9(7(2)3)8(4)5/h13-14H,2-12H2,1H3;12-13H,2-11H2,1H3;7-8H,6H2,1-5H3. The molecule has 0 spiro atoms. The molecule has 0 radical (unpaired) electrons. The number of rotatable bonds is 8. The fraction of sp³-hybridized carbons (Fsp3) is 1.00. The molecule has 0 atom stereocenters. The van der Waals surface area contributed by atoms with Crippen molar-refractivity contribution >= 4 is 0 Å². The zero-order valence-corrected chi connectivity index (χ0v) is 27.4. The van der Waals surface area contributed by atoms with Crippen molar-refractivity contribution in [1.29, 1.82) is 0 Å². The van der Waals surface area contributed by atoms with Crippen molar-refractivity contribution in [3.8, 4) is 0 Å². The maximum Gasteiger partial charge on any atom is 0.00980 e. The number of hydrogen-bond acceptors (Lipinski definition) is 3. The van der Waals surface area contributed by atoms with Gasteiger partial charge in [-0.05, 0) is 99.2 Å². The average Bonchev–Trinajstić information content (AvgIpc) is 2.96. The van der Waals surface area contributed by atoms with Crippen molar-refractivity contribution in [1.82, 2.24) is 14.7 Å². The first kappa shape index (κ1) is 34.1. The van der Waals surface area contributed by atoms with E-state index in [-0.39, 0.29) is 0 Å². The Morgan fingerprint density at radius 3 is 0.947 bits per heavy atom. The van der Waals surface area contributed by atoms with E-state index < -0.39 is 0 Å². The summed E-state index contributed by atoms with van der Waals surface area (Å²) in [6, 6.07) is 5.10. The molecule has 4 saturated carbocycles. The van der Waals surface area contributed by atoms with Gasteiger partial charge in [0.25, 0.3) is 0 Å². The maximum atomic E-state index is 2.85. The smallest absolute Gasteiger partial charge is 0.00980 e. The highest BCUT2D eigenvalue weighted by Gasteiger charge is 2.27. The largest absolute Gasteiger partial charge is 0.300 e. The van der Waals surface area contributed by atoms with Crippen LogP contribution in [0.1, 0.15) is 170 Å². The van der Waals surface area contributed by atoms with E-state index in [9.17, 15) is 0 Å². The molecule has 0 amide bonds. The molecule has 3 nitrogen and oxygen atoms in total. The first-order valence-electron chi connectivity index (χ1n) is 17.6. The van der Waals surface area contributed by atoms with Crippen LogP contribution in [0.3, 0.4) is 0 Å². The molecule has 38 heavy (non-hydrogen) atoms. The molecule has 4 aliphatic rings. The van der Waals surface area contributed by atoms with Crippen molar-refractivity contribution in [3.05, 3.63) is 0 Å². The highest BCUT2D eigenvalue weighted by Crippen LogP contribution is 2.30. The highest BCUT2D eigenvalue weighted by atomic mass is 15.2. The summed E-state index contributed by atoms with van der Waals surface area (Å²) in [6.45, 7) is 16.0. The molecule has 4 fully saturated rings. The van der Waals surface area contributed by atoms with Crippen LogP contribution in [0.5, 0.6) is 0 Å². The molecule has 4 aliphatic carbocycles. The molecule has 226 valence electrons.